The summed E-state index contributed by atoms with van der Waals surface area (Å²) in [5.74, 6) is -7.47. The molecule has 0 aliphatic carbocycles. The van der Waals surface area contributed by atoms with Gasteiger partial charge in [0.25, 0.3) is 0 Å². The zero-order valence-electron chi connectivity index (χ0n) is 14.8. The van der Waals surface area contributed by atoms with Gasteiger partial charge in [-0.1, -0.05) is 0 Å². The number of carbonyl (C=O) groups is 1. The Balaban J connectivity index is 1.68. The number of benzene rings is 1. The standard InChI is InChI=1S/C19H14F4N2O3/c1-10-7-15(25(2)24-10)16(26)6-5-11-3-4-12(28-11)9-27-19-17(22)13(20)8-14(21)18(19)23/h3-8H,9H2,1-2H3/b6-5+. The maximum Gasteiger partial charge on any atom is 0.203 e. The molecular weight excluding hydrogens is 380 g/mol. The third kappa shape index (κ3) is 3.98. The highest BCUT2D eigenvalue weighted by Gasteiger charge is 2.21. The second kappa shape index (κ2) is 7.71. The van der Waals surface area contributed by atoms with Crippen LogP contribution in [0, 0.1) is 30.2 Å². The summed E-state index contributed by atoms with van der Waals surface area (Å²) in [6.45, 7) is 1.29. The number of aromatic nitrogens is 2. The molecule has 0 aliphatic heterocycles. The molecule has 0 bridgehead atoms. The fraction of sp³-hybridized carbons (Fsp3) is 0.158. The molecule has 0 aliphatic rings. The molecule has 0 spiro atoms. The molecule has 9 heteroatoms. The van der Waals surface area contributed by atoms with Crippen molar-refractivity contribution < 1.29 is 31.5 Å². The quantitative estimate of drug-likeness (QED) is 0.270. The molecule has 0 fully saturated rings. The maximum atomic E-state index is 13.6. The van der Waals surface area contributed by atoms with E-state index in [2.05, 4.69) is 5.10 Å². The number of rotatable bonds is 6. The van der Waals surface area contributed by atoms with Crippen LogP contribution in [0.25, 0.3) is 6.08 Å². The molecule has 5 nitrogen and oxygen atoms in total. The van der Waals surface area contributed by atoms with Crippen LogP contribution in [0.2, 0.25) is 0 Å². The van der Waals surface area contributed by atoms with E-state index in [4.69, 9.17) is 9.15 Å². The number of ketones is 1. The first-order valence-electron chi connectivity index (χ1n) is 8.04. The molecule has 0 N–H and O–H groups in total. The fourth-order valence-corrected chi connectivity index (χ4v) is 2.47. The van der Waals surface area contributed by atoms with Crippen LogP contribution in [-0.4, -0.2) is 15.6 Å². The minimum Gasteiger partial charge on any atom is -0.479 e. The van der Waals surface area contributed by atoms with Crippen LogP contribution in [-0.2, 0) is 13.7 Å². The molecule has 2 aromatic heterocycles. The van der Waals surface area contributed by atoms with Crippen LogP contribution in [0.3, 0.4) is 0 Å². The summed E-state index contributed by atoms with van der Waals surface area (Å²) in [5, 5.41) is 4.08. The molecule has 0 radical (unpaired) electrons. The number of allylic oxidation sites excluding steroid dienone is 1. The highest BCUT2D eigenvalue weighted by molar-refractivity contribution is 6.05. The number of carbonyl (C=O) groups excluding carboxylic acids is 1. The van der Waals surface area contributed by atoms with Gasteiger partial charge in [-0.05, 0) is 37.3 Å². The van der Waals surface area contributed by atoms with E-state index in [0.717, 1.165) is 0 Å². The number of halogens is 4. The number of hydrogen-bond acceptors (Lipinski definition) is 4. The lowest BCUT2D eigenvalue weighted by Gasteiger charge is -2.08. The smallest absolute Gasteiger partial charge is 0.203 e. The van der Waals surface area contributed by atoms with Gasteiger partial charge in [0.2, 0.25) is 17.4 Å². The minimum atomic E-state index is -1.64. The van der Waals surface area contributed by atoms with E-state index in [-0.39, 0.29) is 23.4 Å². The van der Waals surface area contributed by atoms with E-state index < -0.39 is 35.6 Å². The highest BCUT2D eigenvalue weighted by atomic mass is 19.2. The van der Waals surface area contributed by atoms with Crippen LogP contribution < -0.4 is 4.74 Å². The first kappa shape index (κ1) is 19.4. The summed E-state index contributed by atoms with van der Waals surface area (Å²) < 4.78 is 65.1. The molecule has 0 amide bonds. The molecule has 3 aromatic rings. The molecule has 3 rings (SSSR count). The monoisotopic (exact) mass is 394 g/mol. The maximum absolute atomic E-state index is 13.6. The van der Waals surface area contributed by atoms with Crippen molar-refractivity contribution >= 4 is 11.9 Å². The molecule has 146 valence electrons. The van der Waals surface area contributed by atoms with Crippen molar-refractivity contribution in [1.82, 2.24) is 9.78 Å². The van der Waals surface area contributed by atoms with E-state index in [1.54, 1.807) is 20.0 Å². The van der Waals surface area contributed by atoms with Gasteiger partial charge in [0.05, 0.1) is 5.69 Å². The van der Waals surface area contributed by atoms with Crippen LogP contribution in [0.4, 0.5) is 17.6 Å². The fourth-order valence-electron chi connectivity index (χ4n) is 2.47. The zero-order valence-corrected chi connectivity index (χ0v) is 14.8. The van der Waals surface area contributed by atoms with E-state index in [1.165, 1.54) is 29.0 Å². The number of hydrogen-bond donors (Lipinski definition) is 0. The molecule has 0 saturated heterocycles. The summed E-state index contributed by atoms with van der Waals surface area (Å²) in [5.41, 5.74) is 1.09. The lowest BCUT2D eigenvalue weighted by atomic mass is 10.2. The predicted molar refractivity (Wildman–Crippen MR) is 90.6 cm³/mol. The van der Waals surface area contributed by atoms with Gasteiger partial charge < -0.3 is 9.15 Å². The largest absolute Gasteiger partial charge is 0.479 e. The number of ether oxygens (including phenoxy) is 1. The Bertz CT molecular complexity index is 1040. The van der Waals surface area contributed by atoms with Crippen molar-refractivity contribution in [1.29, 1.82) is 0 Å². The molecule has 2 heterocycles. The SMILES string of the molecule is Cc1cc(C(=O)/C=C/c2ccc(COc3c(F)c(F)cc(F)c3F)o2)n(C)n1. The lowest BCUT2D eigenvalue weighted by Crippen LogP contribution is -2.03. The first-order valence-corrected chi connectivity index (χ1v) is 8.04. The van der Waals surface area contributed by atoms with E-state index >= 15 is 0 Å². The van der Waals surface area contributed by atoms with Gasteiger partial charge in [-0.15, -0.1) is 0 Å². The van der Waals surface area contributed by atoms with Crippen molar-refractivity contribution in [3.05, 3.63) is 76.5 Å². The van der Waals surface area contributed by atoms with Gasteiger partial charge in [-0.3, -0.25) is 9.48 Å². The van der Waals surface area contributed by atoms with Crippen molar-refractivity contribution in [2.45, 2.75) is 13.5 Å². The van der Waals surface area contributed by atoms with Crippen LogP contribution in [0.15, 0.2) is 34.8 Å². The predicted octanol–water partition coefficient (Wildman–Crippen LogP) is 4.35. The van der Waals surface area contributed by atoms with Crippen molar-refractivity contribution in [3.63, 3.8) is 0 Å². The molecule has 0 saturated carbocycles. The van der Waals surface area contributed by atoms with Crippen LogP contribution >= 0.6 is 0 Å². The molecule has 0 atom stereocenters. The van der Waals surface area contributed by atoms with Gasteiger partial charge in [-0.2, -0.15) is 13.9 Å². The van der Waals surface area contributed by atoms with Gasteiger partial charge in [0.1, 0.15) is 23.8 Å². The molecule has 28 heavy (non-hydrogen) atoms. The Hall–Kier alpha value is -3.36. The van der Waals surface area contributed by atoms with E-state index in [1.807, 2.05) is 0 Å². The normalized spacial score (nSPS) is 11.4. The van der Waals surface area contributed by atoms with Crippen molar-refractivity contribution in [2.24, 2.45) is 7.05 Å². The summed E-state index contributed by atoms with van der Waals surface area (Å²) in [6, 6.07) is 4.66. The van der Waals surface area contributed by atoms with E-state index in [9.17, 15) is 22.4 Å². The Morgan fingerprint density at radius 2 is 1.86 bits per heavy atom. The second-order valence-corrected chi connectivity index (χ2v) is 5.88. The average Bonchev–Trinajstić information content (AvgIpc) is 3.23. The Morgan fingerprint density at radius 1 is 1.18 bits per heavy atom. The van der Waals surface area contributed by atoms with Crippen molar-refractivity contribution in [3.8, 4) is 5.75 Å². The summed E-state index contributed by atoms with van der Waals surface area (Å²) in [7, 11) is 1.64. The molecule has 1 aromatic carbocycles. The lowest BCUT2D eigenvalue weighted by molar-refractivity contribution is 0.103. The average molecular weight is 394 g/mol. The molecular formula is C19H14F4N2O3. The second-order valence-electron chi connectivity index (χ2n) is 5.88. The van der Waals surface area contributed by atoms with E-state index in [0.29, 0.717) is 11.4 Å². The van der Waals surface area contributed by atoms with Crippen molar-refractivity contribution in [2.75, 3.05) is 0 Å². The Kier molecular flexibility index (Phi) is 5.34. The Labute approximate surface area is 156 Å². The summed E-state index contributed by atoms with van der Waals surface area (Å²) in [4.78, 5) is 12.1. The first-order chi connectivity index (χ1) is 13.3. The number of furan rings is 1. The summed E-state index contributed by atoms with van der Waals surface area (Å²) >= 11 is 0. The van der Waals surface area contributed by atoms with Crippen LogP contribution in [0.1, 0.15) is 27.7 Å². The topological polar surface area (TPSA) is 57.3 Å². The number of nitrogens with zero attached hydrogens (tertiary/aromatic N) is 2. The third-order valence-electron chi connectivity index (χ3n) is 3.77. The van der Waals surface area contributed by atoms with Gasteiger partial charge in [0, 0.05) is 13.1 Å². The zero-order chi connectivity index (χ0) is 20.4. The number of aryl methyl sites for hydroxylation is 2. The van der Waals surface area contributed by atoms with Gasteiger partial charge in [0.15, 0.2) is 17.4 Å². The van der Waals surface area contributed by atoms with Crippen LogP contribution in [0.5, 0.6) is 5.75 Å². The van der Waals surface area contributed by atoms with Gasteiger partial charge in [-0.25, -0.2) is 8.78 Å². The third-order valence-corrected chi connectivity index (χ3v) is 3.77. The highest BCUT2D eigenvalue weighted by Crippen LogP contribution is 2.27. The Morgan fingerprint density at radius 3 is 2.46 bits per heavy atom. The van der Waals surface area contributed by atoms with Gasteiger partial charge >= 0.3 is 0 Å². The molecule has 0 unspecified atom stereocenters. The summed E-state index contributed by atoms with van der Waals surface area (Å²) in [6.07, 6.45) is 2.68. The minimum absolute atomic E-state index is 0.0913.